The first-order chi connectivity index (χ1) is 10.1. The van der Waals surface area contributed by atoms with Crippen LogP contribution in [0.2, 0.25) is 0 Å². The van der Waals surface area contributed by atoms with Gasteiger partial charge >= 0.3 is 0 Å². The van der Waals surface area contributed by atoms with E-state index >= 15 is 0 Å². The van der Waals surface area contributed by atoms with E-state index < -0.39 is 5.54 Å². The molecule has 2 atom stereocenters. The summed E-state index contributed by atoms with van der Waals surface area (Å²) in [5, 5.41) is 3.65. The van der Waals surface area contributed by atoms with Crippen LogP contribution < -0.4 is 5.32 Å². The van der Waals surface area contributed by atoms with E-state index in [4.69, 9.17) is 0 Å². The first kappa shape index (κ1) is 16.7. The number of hydrogen-bond acceptors (Lipinski definition) is 3. The summed E-state index contributed by atoms with van der Waals surface area (Å²) in [6, 6.07) is 0.314. The van der Waals surface area contributed by atoms with Crippen molar-refractivity contribution in [1.82, 2.24) is 10.2 Å². The maximum absolute atomic E-state index is 13.1. The van der Waals surface area contributed by atoms with Crippen molar-refractivity contribution < 1.29 is 9.59 Å². The number of carbonyl (C=O) groups excluding carboxylic acids is 2. The number of rotatable bonds is 4. The zero-order valence-corrected chi connectivity index (χ0v) is 14.3. The van der Waals surface area contributed by atoms with Gasteiger partial charge in [0.2, 0.25) is 11.8 Å². The maximum atomic E-state index is 13.1. The van der Waals surface area contributed by atoms with Gasteiger partial charge in [0.05, 0.1) is 0 Å². The monoisotopic (exact) mass is 312 g/mol. The Hall–Kier alpha value is -0.710. The lowest BCUT2D eigenvalue weighted by Gasteiger charge is -2.40. The Balaban J connectivity index is 2.21. The Labute approximate surface area is 132 Å². The van der Waals surface area contributed by atoms with Crippen LogP contribution in [0, 0.1) is 0 Å². The van der Waals surface area contributed by atoms with Gasteiger partial charge in [0.1, 0.15) is 5.54 Å². The highest BCUT2D eigenvalue weighted by Gasteiger charge is 2.44. The highest BCUT2D eigenvalue weighted by Crippen LogP contribution is 2.32. The van der Waals surface area contributed by atoms with Gasteiger partial charge < -0.3 is 10.2 Å². The number of nitrogens with zero attached hydrogens (tertiary/aromatic N) is 1. The molecule has 1 N–H and O–H groups in total. The Bertz CT molecular complexity index is 396. The Morgan fingerprint density at radius 1 is 1.29 bits per heavy atom. The van der Waals surface area contributed by atoms with Gasteiger partial charge in [-0.3, -0.25) is 9.59 Å². The van der Waals surface area contributed by atoms with Crippen LogP contribution in [-0.2, 0) is 9.59 Å². The van der Waals surface area contributed by atoms with Crippen molar-refractivity contribution >= 4 is 23.6 Å². The second-order valence-electron chi connectivity index (χ2n) is 6.26. The SMILES string of the molecule is CCC1(CC)NC(=O)CCN(C2CCCC(SC)C2)C1=O. The molecule has 0 aromatic heterocycles. The fourth-order valence-corrected chi connectivity index (χ4v) is 4.49. The minimum absolute atomic E-state index is 0.0202. The van der Waals surface area contributed by atoms with Crippen molar-refractivity contribution in [2.75, 3.05) is 12.8 Å². The largest absolute Gasteiger partial charge is 0.342 e. The molecule has 0 bridgehead atoms. The normalized spacial score (nSPS) is 30.0. The van der Waals surface area contributed by atoms with Crippen LogP contribution in [0.5, 0.6) is 0 Å². The molecule has 0 spiro atoms. The molecule has 1 heterocycles. The molecule has 2 amide bonds. The molecule has 4 nitrogen and oxygen atoms in total. The highest BCUT2D eigenvalue weighted by atomic mass is 32.2. The molecule has 2 aliphatic rings. The van der Waals surface area contributed by atoms with E-state index in [1.807, 2.05) is 30.5 Å². The smallest absolute Gasteiger partial charge is 0.248 e. The second kappa shape index (κ2) is 7.03. The molecule has 21 heavy (non-hydrogen) atoms. The molecule has 0 radical (unpaired) electrons. The molecule has 2 rings (SSSR count). The van der Waals surface area contributed by atoms with Gasteiger partial charge in [-0.05, 0) is 38.4 Å². The molecule has 2 unspecified atom stereocenters. The highest BCUT2D eigenvalue weighted by molar-refractivity contribution is 7.99. The lowest BCUT2D eigenvalue weighted by atomic mass is 9.88. The van der Waals surface area contributed by atoms with Gasteiger partial charge in [0, 0.05) is 24.3 Å². The summed E-state index contributed by atoms with van der Waals surface area (Å²) in [7, 11) is 0. The average Bonchev–Trinajstić information content (AvgIpc) is 2.64. The predicted molar refractivity (Wildman–Crippen MR) is 87.3 cm³/mol. The Kier molecular flexibility index (Phi) is 5.58. The second-order valence-corrected chi connectivity index (χ2v) is 7.40. The van der Waals surface area contributed by atoms with E-state index in [9.17, 15) is 9.59 Å². The number of amides is 2. The molecular formula is C16H28N2O2S. The Morgan fingerprint density at radius 2 is 2.00 bits per heavy atom. The van der Waals surface area contributed by atoms with Crippen molar-refractivity contribution in [2.45, 2.75) is 75.6 Å². The third-order valence-electron chi connectivity index (χ3n) is 5.21. The van der Waals surface area contributed by atoms with Crippen LogP contribution in [0.1, 0.15) is 58.8 Å². The zero-order chi connectivity index (χ0) is 15.5. The third-order valence-corrected chi connectivity index (χ3v) is 6.30. The van der Waals surface area contributed by atoms with E-state index in [1.54, 1.807) is 0 Å². The van der Waals surface area contributed by atoms with Gasteiger partial charge in [-0.1, -0.05) is 20.3 Å². The van der Waals surface area contributed by atoms with Crippen molar-refractivity contribution in [3.05, 3.63) is 0 Å². The molecule has 1 saturated carbocycles. The summed E-state index contributed by atoms with van der Waals surface area (Å²) in [5.74, 6) is 0.164. The molecule has 120 valence electrons. The van der Waals surface area contributed by atoms with E-state index in [0.29, 0.717) is 37.1 Å². The molecule has 1 aliphatic heterocycles. The average molecular weight is 312 g/mol. The maximum Gasteiger partial charge on any atom is 0.248 e. The summed E-state index contributed by atoms with van der Waals surface area (Å²) in [6.07, 6.45) is 8.53. The number of hydrogen-bond donors (Lipinski definition) is 1. The van der Waals surface area contributed by atoms with E-state index in [-0.39, 0.29) is 11.8 Å². The summed E-state index contributed by atoms with van der Waals surface area (Å²) < 4.78 is 0. The zero-order valence-electron chi connectivity index (χ0n) is 13.5. The first-order valence-corrected chi connectivity index (χ1v) is 9.50. The Morgan fingerprint density at radius 3 is 2.62 bits per heavy atom. The van der Waals surface area contributed by atoms with E-state index in [2.05, 4.69) is 11.6 Å². The fraction of sp³-hybridized carbons (Fsp3) is 0.875. The topological polar surface area (TPSA) is 49.4 Å². The summed E-state index contributed by atoms with van der Waals surface area (Å²) >= 11 is 1.91. The van der Waals surface area contributed by atoms with Gasteiger partial charge in [-0.2, -0.15) is 11.8 Å². The van der Waals surface area contributed by atoms with Crippen LogP contribution in [-0.4, -0.2) is 46.3 Å². The van der Waals surface area contributed by atoms with E-state index in [0.717, 1.165) is 12.8 Å². The lowest BCUT2D eigenvalue weighted by molar-refractivity contribution is -0.141. The quantitative estimate of drug-likeness (QED) is 0.868. The van der Waals surface area contributed by atoms with Crippen molar-refractivity contribution in [3.8, 4) is 0 Å². The van der Waals surface area contributed by atoms with Crippen molar-refractivity contribution in [1.29, 1.82) is 0 Å². The van der Waals surface area contributed by atoms with Crippen molar-refractivity contribution in [2.24, 2.45) is 0 Å². The molecule has 5 heteroatoms. The van der Waals surface area contributed by atoms with Gasteiger partial charge in [-0.25, -0.2) is 0 Å². The van der Waals surface area contributed by atoms with Crippen LogP contribution in [0.4, 0.5) is 0 Å². The van der Waals surface area contributed by atoms with Gasteiger partial charge in [0.15, 0.2) is 0 Å². The summed E-state index contributed by atoms with van der Waals surface area (Å²) in [5.41, 5.74) is -0.681. The lowest BCUT2D eigenvalue weighted by Crippen LogP contribution is -2.58. The molecule has 2 fully saturated rings. The first-order valence-electron chi connectivity index (χ1n) is 8.21. The minimum Gasteiger partial charge on any atom is -0.342 e. The molecule has 0 aromatic rings. The molecule has 0 aromatic carbocycles. The molecule has 1 aliphatic carbocycles. The number of nitrogens with one attached hydrogen (secondary N) is 1. The van der Waals surface area contributed by atoms with Gasteiger partial charge in [-0.15, -0.1) is 0 Å². The third kappa shape index (κ3) is 3.38. The minimum atomic E-state index is -0.681. The fourth-order valence-electron chi connectivity index (χ4n) is 3.68. The van der Waals surface area contributed by atoms with Crippen LogP contribution in [0.15, 0.2) is 0 Å². The molecule has 1 saturated heterocycles. The summed E-state index contributed by atoms with van der Waals surface area (Å²) in [6.45, 7) is 4.58. The summed E-state index contributed by atoms with van der Waals surface area (Å²) in [4.78, 5) is 27.1. The van der Waals surface area contributed by atoms with E-state index in [1.165, 1.54) is 12.8 Å². The van der Waals surface area contributed by atoms with Crippen molar-refractivity contribution in [3.63, 3.8) is 0 Å². The van der Waals surface area contributed by atoms with Crippen LogP contribution >= 0.6 is 11.8 Å². The standard InChI is InChI=1S/C16H28N2O2S/c1-4-16(5-2)15(20)18(10-9-14(19)17-16)12-7-6-8-13(11-12)21-3/h12-13H,4-11H2,1-3H3,(H,17,19). The molecular weight excluding hydrogens is 284 g/mol. The predicted octanol–water partition coefficient (Wildman–Crippen LogP) is 2.57. The number of carbonyl (C=O) groups is 2. The van der Waals surface area contributed by atoms with Gasteiger partial charge in [0.25, 0.3) is 0 Å². The number of thioether (sulfide) groups is 1. The van der Waals surface area contributed by atoms with Crippen LogP contribution in [0.25, 0.3) is 0 Å². The van der Waals surface area contributed by atoms with Crippen LogP contribution in [0.3, 0.4) is 0 Å².